The van der Waals surface area contributed by atoms with Crippen LogP contribution in [0.3, 0.4) is 0 Å². The molecule has 0 amide bonds. The zero-order valence-electron chi connectivity index (χ0n) is 15.5. The Bertz CT molecular complexity index is 1030. The third-order valence-electron chi connectivity index (χ3n) is 6.15. The van der Waals surface area contributed by atoms with Crippen LogP contribution in [0.4, 0.5) is 4.39 Å². The van der Waals surface area contributed by atoms with E-state index in [-0.39, 0.29) is 35.0 Å². The van der Waals surface area contributed by atoms with E-state index in [9.17, 15) is 9.18 Å². The number of rotatable bonds is 3. The molecule has 1 aliphatic heterocycles. The molecule has 1 aliphatic carbocycles. The Morgan fingerprint density at radius 2 is 1.85 bits per heavy atom. The van der Waals surface area contributed by atoms with Crippen LogP contribution >= 0.6 is 0 Å². The van der Waals surface area contributed by atoms with E-state index >= 15 is 0 Å². The molecule has 1 aromatic heterocycles. The predicted octanol–water partition coefficient (Wildman–Crippen LogP) is 4.61. The number of nitrogens with one attached hydrogen (secondary N) is 1. The fraction of sp³-hybridized carbons (Fsp3) is 0.348. The fourth-order valence-corrected chi connectivity index (χ4v) is 4.85. The summed E-state index contributed by atoms with van der Waals surface area (Å²) in [5, 5.41) is 1.21. The minimum Gasteiger partial charge on any atom is -0.365 e. The molecule has 2 aromatic carbocycles. The van der Waals surface area contributed by atoms with Gasteiger partial charge in [0.2, 0.25) is 0 Å². The van der Waals surface area contributed by atoms with Gasteiger partial charge in [0.05, 0.1) is 6.61 Å². The summed E-state index contributed by atoms with van der Waals surface area (Å²) < 4.78 is 18.9. The van der Waals surface area contributed by atoms with Crippen LogP contribution < -0.4 is 0 Å². The molecule has 3 atom stereocenters. The van der Waals surface area contributed by atoms with E-state index in [1.807, 2.05) is 24.3 Å². The highest BCUT2D eigenvalue weighted by atomic mass is 19.1. The zero-order valence-corrected chi connectivity index (χ0v) is 15.5. The number of halogens is 1. The quantitative estimate of drug-likeness (QED) is 0.691. The number of carbonyl (C=O) groups is 1. The van der Waals surface area contributed by atoms with Gasteiger partial charge in [0, 0.05) is 28.4 Å². The normalized spacial score (nSPS) is 26.0. The summed E-state index contributed by atoms with van der Waals surface area (Å²) in [5.74, 6) is -0.442. The van der Waals surface area contributed by atoms with Gasteiger partial charge in [0.15, 0.2) is 5.78 Å². The largest absolute Gasteiger partial charge is 0.365 e. The molecule has 4 heteroatoms. The molecule has 3 aromatic rings. The molecule has 1 N–H and O–H groups in total. The van der Waals surface area contributed by atoms with Gasteiger partial charge in [-0.2, -0.15) is 0 Å². The first-order chi connectivity index (χ1) is 13.0. The highest BCUT2D eigenvalue weighted by Crippen LogP contribution is 2.52. The van der Waals surface area contributed by atoms with Gasteiger partial charge in [0.25, 0.3) is 0 Å². The average molecular weight is 363 g/mol. The van der Waals surface area contributed by atoms with Gasteiger partial charge in [-0.1, -0.05) is 44.2 Å². The predicted molar refractivity (Wildman–Crippen MR) is 102 cm³/mol. The minimum atomic E-state index is -0.289. The standard InChI is InChI=1S/C23H22FNO2/c1-23(2)11-16-15-5-3-4-6-17(15)25-21(16)19(13-7-9-14(24)10-8-13)20(23)22(26)18-12-27-18/h3-10,18-20,25H,11-12H2,1-2H3/t18?,19-,20+/m1/s1. The van der Waals surface area contributed by atoms with Crippen molar-refractivity contribution in [2.45, 2.75) is 32.3 Å². The topological polar surface area (TPSA) is 45.4 Å². The van der Waals surface area contributed by atoms with E-state index in [1.54, 1.807) is 0 Å². The molecule has 0 spiro atoms. The molecule has 1 saturated heterocycles. The van der Waals surface area contributed by atoms with Gasteiger partial charge < -0.3 is 9.72 Å². The molecule has 138 valence electrons. The first kappa shape index (κ1) is 16.7. The first-order valence-electron chi connectivity index (χ1n) is 9.46. The molecule has 0 saturated carbocycles. The van der Waals surface area contributed by atoms with Gasteiger partial charge >= 0.3 is 0 Å². The van der Waals surface area contributed by atoms with Crippen molar-refractivity contribution < 1.29 is 13.9 Å². The van der Waals surface area contributed by atoms with Crippen LogP contribution in [0, 0.1) is 17.2 Å². The Morgan fingerprint density at radius 1 is 1.15 bits per heavy atom. The number of benzene rings is 2. The van der Waals surface area contributed by atoms with Crippen LogP contribution in [0.15, 0.2) is 48.5 Å². The number of H-pyrrole nitrogens is 1. The van der Waals surface area contributed by atoms with Gasteiger partial charge in [-0.25, -0.2) is 4.39 Å². The number of epoxide rings is 1. The van der Waals surface area contributed by atoms with E-state index in [4.69, 9.17) is 4.74 Å². The highest BCUT2D eigenvalue weighted by Gasteiger charge is 2.51. The molecule has 0 bridgehead atoms. The Hall–Kier alpha value is -2.46. The van der Waals surface area contributed by atoms with Crippen molar-refractivity contribution in [3.05, 3.63) is 71.2 Å². The highest BCUT2D eigenvalue weighted by molar-refractivity contribution is 5.92. The zero-order chi connectivity index (χ0) is 18.8. The summed E-state index contributed by atoms with van der Waals surface area (Å²) in [7, 11) is 0. The average Bonchev–Trinajstić information content (AvgIpc) is 3.43. The maximum absolute atomic E-state index is 13.6. The van der Waals surface area contributed by atoms with E-state index in [1.165, 1.54) is 23.1 Å². The number of hydrogen-bond acceptors (Lipinski definition) is 2. The molecule has 3 nitrogen and oxygen atoms in total. The summed E-state index contributed by atoms with van der Waals surface area (Å²) in [6.45, 7) is 4.85. The number of ether oxygens (including phenoxy) is 1. The Kier molecular flexibility index (Phi) is 3.57. The summed E-state index contributed by atoms with van der Waals surface area (Å²) >= 11 is 0. The lowest BCUT2D eigenvalue weighted by molar-refractivity contribution is -0.128. The lowest BCUT2D eigenvalue weighted by Crippen LogP contribution is -2.43. The summed E-state index contributed by atoms with van der Waals surface area (Å²) in [4.78, 5) is 16.8. The van der Waals surface area contributed by atoms with Gasteiger partial charge in [-0.05, 0) is 41.2 Å². The van der Waals surface area contributed by atoms with E-state index in [0.717, 1.165) is 23.2 Å². The summed E-state index contributed by atoms with van der Waals surface area (Å²) in [5.41, 5.74) is 4.18. The molecule has 0 radical (unpaired) electrons. The van der Waals surface area contributed by atoms with Crippen molar-refractivity contribution in [3.8, 4) is 0 Å². The number of para-hydroxylation sites is 1. The second-order valence-electron chi connectivity index (χ2n) is 8.46. The second-order valence-corrected chi connectivity index (χ2v) is 8.46. The smallest absolute Gasteiger partial charge is 0.168 e. The van der Waals surface area contributed by atoms with E-state index < -0.39 is 0 Å². The van der Waals surface area contributed by atoms with Crippen molar-refractivity contribution >= 4 is 16.7 Å². The number of Topliss-reactive ketones (excluding diaryl/α,β-unsaturated/α-hetero) is 1. The van der Waals surface area contributed by atoms with Crippen molar-refractivity contribution in [2.24, 2.45) is 11.3 Å². The van der Waals surface area contributed by atoms with E-state index in [2.05, 4.69) is 31.0 Å². The SMILES string of the molecule is CC1(C)Cc2c([nH]c3ccccc23)[C@H](c2ccc(F)cc2)[C@H]1C(=O)C1CO1. The third kappa shape index (κ3) is 2.62. The van der Waals surface area contributed by atoms with Crippen molar-refractivity contribution in [2.75, 3.05) is 6.61 Å². The van der Waals surface area contributed by atoms with Crippen LogP contribution in [0.2, 0.25) is 0 Å². The maximum Gasteiger partial charge on any atom is 0.168 e. The number of carbonyl (C=O) groups excluding carboxylic acids is 1. The molecule has 27 heavy (non-hydrogen) atoms. The summed E-state index contributed by atoms with van der Waals surface area (Å²) in [6, 6.07) is 14.9. The van der Waals surface area contributed by atoms with Crippen LogP contribution in [0.25, 0.3) is 10.9 Å². The van der Waals surface area contributed by atoms with Crippen LogP contribution in [0.1, 0.15) is 36.6 Å². The van der Waals surface area contributed by atoms with Crippen molar-refractivity contribution in [1.29, 1.82) is 0 Å². The maximum atomic E-state index is 13.6. The molecule has 1 fully saturated rings. The van der Waals surface area contributed by atoms with Crippen molar-refractivity contribution in [3.63, 3.8) is 0 Å². The molecular weight excluding hydrogens is 341 g/mol. The van der Waals surface area contributed by atoms with E-state index in [0.29, 0.717) is 6.61 Å². The van der Waals surface area contributed by atoms with Gasteiger partial charge in [-0.15, -0.1) is 0 Å². The van der Waals surface area contributed by atoms with Crippen LogP contribution in [-0.2, 0) is 16.0 Å². The first-order valence-corrected chi connectivity index (χ1v) is 9.46. The number of hydrogen-bond donors (Lipinski definition) is 1. The molecule has 2 heterocycles. The molecule has 1 unspecified atom stereocenters. The second kappa shape index (κ2) is 5.77. The number of ketones is 1. The Morgan fingerprint density at radius 3 is 2.56 bits per heavy atom. The lowest BCUT2D eigenvalue weighted by atomic mass is 9.59. The number of fused-ring (bicyclic) bond motifs is 3. The van der Waals surface area contributed by atoms with Crippen LogP contribution in [-0.4, -0.2) is 23.5 Å². The minimum absolute atomic E-state index is 0.131. The monoisotopic (exact) mass is 363 g/mol. The Labute approximate surface area is 157 Å². The molecule has 2 aliphatic rings. The van der Waals surface area contributed by atoms with Gasteiger partial charge in [0.1, 0.15) is 11.9 Å². The van der Waals surface area contributed by atoms with Gasteiger partial charge in [-0.3, -0.25) is 4.79 Å². The molecule has 5 rings (SSSR count). The van der Waals surface area contributed by atoms with Crippen LogP contribution in [0.5, 0.6) is 0 Å². The van der Waals surface area contributed by atoms with Crippen molar-refractivity contribution in [1.82, 2.24) is 4.98 Å². The number of aromatic nitrogens is 1. The Balaban J connectivity index is 1.75. The number of aromatic amines is 1. The third-order valence-corrected chi connectivity index (χ3v) is 6.15. The lowest BCUT2D eigenvalue weighted by Gasteiger charge is -2.43. The fourth-order valence-electron chi connectivity index (χ4n) is 4.85. The molecular formula is C23H22FNO2. The summed E-state index contributed by atoms with van der Waals surface area (Å²) in [6.07, 6.45) is 0.538.